The van der Waals surface area contributed by atoms with Gasteiger partial charge in [0.1, 0.15) is 5.75 Å². The summed E-state index contributed by atoms with van der Waals surface area (Å²) in [6.07, 6.45) is 1.27. The van der Waals surface area contributed by atoms with E-state index < -0.39 is 27.0 Å². The quantitative estimate of drug-likeness (QED) is 0.486. The lowest BCUT2D eigenvalue weighted by atomic mass is 10.3. The maximum atomic E-state index is 13.4. The molecule has 4 rings (SSSR count). The molecular weight excluding hydrogens is 486 g/mol. The molecule has 3 amide bonds. The topological polar surface area (TPSA) is 126 Å². The van der Waals surface area contributed by atoms with Crippen molar-refractivity contribution in [2.75, 3.05) is 32.8 Å². The summed E-state index contributed by atoms with van der Waals surface area (Å²) in [5.41, 5.74) is 0. The third kappa shape index (κ3) is 5.74. The summed E-state index contributed by atoms with van der Waals surface area (Å²) in [4.78, 5) is 41.3. The number of ether oxygens (including phenoxy) is 1. The summed E-state index contributed by atoms with van der Waals surface area (Å²) in [7, 11) is -4.27. The van der Waals surface area contributed by atoms with E-state index in [-0.39, 0.29) is 49.3 Å². The van der Waals surface area contributed by atoms with E-state index in [1.165, 1.54) is 47.6 Å². The maximum absolute atomic E-state index is 13.4. The van der Waals surface area contributed by atoms with Gasteiger partial charge in [0.25, 0.3) is 17.7 Å². The number of carbonyl (C=O) groups is 3. The van der Waals surface area contributed by atoms with E-state index in [1.54, 1.807) is 35.2 Å². The van der Waals surface area contributed by atoms with Crippen LogP contribution >= 0.6 is 0 Å². The Morgan fingerprint density at radius 2 is 1.47 bits per heavy atom. The molecule has 1 aliphatic rings. The summed E-state index contributed by atoms with van der Waals surface area (Å²) in [6.45, 7) is 0.461. The zero-order valence-electron chi connectivity index (χ0n) is 19.3. The number of amides is 3. The van der Waals surface area contributed by atoms with Gasteiger partial charge in [0.05, 0.1) is 11.2 Å². The van der Waals surface area contributed by atoms with E-state index >= 15 is 0 Å². The first-order valence-electron chi connectivity index (χ1n) is 11.2. The van der Waals surface area contributed by atoms with Gasteiger partial charge in [-0.05, 0) is 36.4 Å². The lowest BCUT2D eigenvalue weighted by Crippen LogP contribution is -2.58. The Bertz CT molecular complexity index is 1290. The molecule has 1 atom stereocenters. The first kappa shape index (κ1) is 25.0. The van der Waals surface area contributed by atoms with Crippen molar-refractivity contribution < 1.29 is 32.0 Å². The number of sulfone groups is 1. The van der Waals surface area contributed by atoms with Gasteiger partial charge in [0.15, 0.2) is 12.4 Å². The largest absolute Gasteiger partial charge is 0.484 e. The molecule has 0 aliphatic carbocycles. The molecule has 0 unspecified atom stereocenters. The van der Waals surface area contributed by atoms with Crippen molar-refractivity contribution in [3.8, 4) is 5.75 Å². The maximum Gasteiger partial charge on any atom is 0.288 e. The van der Waals surface area contributed by atoms with Crippen LogP contribution in [0, 0.1) is 0 Å². The molecule has 11 heteroatoms. The van der Waals surface area contributed by atoms with Crippen LogP contribution in [0.1, 0.15) is 10.6 Å². The highest BCUT2D eigenvalue weighted by Gasteiger charge is 2.40. The summed E-state index contributed by atoms with van der Waals surface area (Å²) in [5, 5.41) is 0.455. The second-order valence-corrected chi connectivity index (χ2v) is 10.0. The van der Waals surface area contributed by atoms with Crippen LogP contribution in [0.25, 0.3) is 0 Å². The number of benzene rings is 2. The SMILES string of the molecule is O=C(N[C@H](C(=O)N1CCN(C(=O)COc2ccccc2)CC1)S(=O)(=O)c1ccccc1)c1ccco1. The first-order chi connectivity index (χ1) is 17.4. The van der Waals surface area contributed by atoms with Crippen molar-refractivity contribution >= 4 is 27.6 Å². The molecule has 188 valence electrons. The van der Waals surface area contributed by atoms with Gasteiger partial charge in [-0.15, -0.1) is 0 Å². The van der Waals surface area contributed by atoms with Crippen molar-refractivity contribution in [3.05, 3.63) is 84.8 Å². The molecule has 1 saturated heterocycles. The molecule has 10 nitrogen and oxygen atoms in total. The smallest absolute Gasteiger partial charge is 0.288 e. The predicted molar refractivity (Wildman–Crippen MR) is 129 cm³/mol. The Balaban J connectivity index is 1.44. The molecule has 36 heavy (non-hydrogen) atoms. The van der Waals surface area contributed by atoms with Gasteiger partial charge in [0.2, 0.25) is 15.2 Å². The fraction of sp³-hybridized carbons (Fsp3) is 0.240. The molecule has 0 saturated carbocycles. The number of hydrogen-bond donors (Lipinski definition) is 1. The summed E-state index contributed by atoms with van der Waals surface area (Å²) < 4.78 is 37.2. The molecule has 0 radical (unpaired) electrons. The molecule has 2 aromatic carbocycles. The number of carbonyl (C=O) groups excluding carboxylic acids is 3. The fourth-order valence-corrected chi connectivity index (χ4v) is 5.20. The summed E-state index contributed by atoms with van der Waals surface area (Å²) in [6, 6.07) is 19.2. The van der Waals surface area contributed by atoms with Crippen molar-refractivity contribution in [3.63, 3.8) is 0 Å². The van der Waals surface area contributed by atoms with Gasteiger partial charge in [-0.3, -0.25) is 14.4 Å². The minimum Gasteiger partial charge on any atom is -0.484 e. The third-order valence-corrected chi connectivity index (χ3v) is 7.53. The van der Waals surface area contributed by atoms with Crippen molar-refractivity contribution in [2.45, 2.75) is 10.3 Å². The van der Waals surface area contributed by atoms with Gasteiger partial charge < -0.3 is 24.3 Å². The van der Waals surface area contributed by atoms with Gasteiger partial charge in [-0.1, -0.05) is 36.4 Å². The molecular formula is C25H25N3O7S. The normalized spacial score (nSPS) is 14.7. The number of nitrogens with zero attached hydrogens (tertiary/aromatic N) is 2. The number of rotatable bonds is 8. The standard InChI is InChI=1S/C25H25N3O7S/c29-22(18-35-19-8-3-1-4-9-19)27-13-15-28(16-14-27)25(31)24(26-23(30)21-12-7-17-34-21)36(32,33)20-10-5-2-6-11-20/h1-12,17,24H,13-16,18H2,(H,26,30)/t24-/m0/s1. The van der Waals surface area contributed by atoms with Crippen LogP contribution in [-0.2, 0) is 19.4 Å². The molecule has 1 fully saturated rings. The van der Waals surface area contributed by atoms with Crippen LogP contribution in [0.4, 0.5) is 0 Å². The van der Waals surface area contributed by atoms with Gasteiger partial charge in [-0.25, -0.2) is 8.42 Å². The number of furan rings is 1. The van der Waals surface area contributed by atoms with Crippen LogP contribution in [0.15, 0.2) is 88.4 Å². The average Bonchev–Trinajstić information content (AvgIpc) is 3.46. The van der Waals surface area contributed by atoms with E-state index in [1.807, 2.05) is 6.07 Å². The van der Waals surface area contributed by atoms with Crippen LogP contribution in [0.3, 0.4) is 0 Å². The monoisotopic (exact) mass is 511 g/mol. The Kier molecular flexibility index (Phi) is 7.69. The van der Waals surface area contributed by atoms with Crippen LogP contribution < -0.4 is 10.1 Å². The third-order valence-electron chi connectivity index (χ3n) is 5.66. The average molecular weight is 512 g/mol. The summed E-state index contributed by atoms with van der Waals surface area (Å²) in [5.74, 6) is -1.41. The van der Waals surface area contributed by atoms with Gasteiger partial charge in [0, 0.05) is 26.2 Å². The zero-order valence-corrected chi connectivity index (χ0v) is 20.1. The van der Waals surface area contributed by atoms with Crippen LogP contribution in [-0.4, -0.2) is 74.1 Å². The lowest BCUT2D eigenvalue weighted by Gasteiger charge is -2.36. The van der Waals surface area contributed by atoms with Crippen molar-refractivity contribution in [2.24, 2.45) is 0 Å². The number of para-hydroxylation sites is 1. The second-order valence-electron chi connectivity index (χ2n) is 8.00. The van der Waals surface area contributed by atoms with E-state index in [4.69, 9.17) is 9.15 Å². The van der Waals surface area contributed by atoms with Crippen molar-refractivity contribution in [1.29, 1.82) is 0 Å². The Morgan fingerprint density at radius 1 is 0.861 bits per heavy atom. The number of nitrogens with one attached hydrogen (secondary N) is 1. The highest BCUT2D eigenvalue weighted by molar-refractivity contribution is 7.92. The molecule has 1 aromatic heterocycles. The Labute approximate surface area is 208 Å². The minimum absolute atomic E-state index is 0.102. The van der Waals surface area contributed by atoms with E-state index in [0.717, 1.165) is 0 Å². The number of piperazine rings is 1. The molecule has 0 bridgehead atoms. The van der Waals surface area contributed by atoms with Gasteiger partial charge >= 0.3 is 0 Å². The predicted octanol–water partition coefficient (Wildman–Crippen LogP) is 1.56. The Morgan fingerprint density at radius 3 is 2.08 bits per heavy atom. The van der Waals surface area contributed by atoms with Crippen LogP contribution in [0.5, 0.6) is 5.75 Å². The Hall–Kier alpha value is -4.12. The minimum atomic E-state index is -4.27. The summed E-state index contributed by atoms with van der Waals surface area (Å²) >= 11 is 0. The van der Waals surface area contributed by atoms with Gasteiger partial charge in [-0.2, -0.15) is 0 Å². The molecule has 2 heterocycles. The molecule has 3 aromatic rings. The zero-order chi connectivity index (χ0) is 25.5. The van der Waals surface area contributed by atoms with E-state index in [0.29, 0.717) is 5.75 Å². The second kappa shape index (κ2) is 11.1. The van der Waals surface area contributed by atoms with Crippen LogP contribution in [0.2, 0.25) is 0 Å². The van der Waals surface area contributed by atoms with E-state index in [2.05, 4.69) is 5.32 Å². The molecule has 1 aliphatic heterocycles. The number of hydrogen-bond acceptors (Lipinski definition) is 7. The highest BCUT2D eigenvalue weighted by atomic mass is 32.2. The lowest BCUT2D eigenvalue weighted by molar-refractivity contribution is -0.140. The molecule has 1 N–H and O–H groups in total. The van der Waals surface area contributed by atoms with E-state index in [9.17, 15) is 22.8 Å². The van der Waals surface area contributed by atoms with Crippen molar-refractivity contribution in [1.82, 2.24) is 15.1 Å². The molecule has 0 spiro atoms. The highest BCUT2D eigenvalue weighted by Crippen LogP contribution is 2.18. The first-order valence-corrected chi connectivity index (χ1v) is 12.8. The fourth-order valence-electron chi connectivity index (χ4n) is 3.71.